The number of para-hydroxylation sites is 1. The van der Waals surface area contributed by atoms with Crippen molar-refractivity contribution in [1.82, 2.24) is 19.8 Å². The molecule has 0 bridgehead atoms. The quantitative estimate of drug-likeness (QED) is 0.754. The van der Waals surface area contributed by atoms with E-state index < -0.39 is 0 Å². The first-order valence-corrected chi connectivity index (χ1v) is 11.5. The van der Waals surface area contributed by atoms with Gasteiger partial charge < -0.3 is 14.5 Å². The Morgan fingerprint density at radius 1 is 1.00 bits per heavy atom. The van der Waals surface area contributed by atoms with Crippen LogP contribution in [-0.4, -0.2) is 71.6 Å². The zero-order valence-electron chi connectivity index (χ0n) is 18.5. The maximum atomic E-state index is 12.8. The van der Waals surface area contributed by atoms with E-state index in [1.165, 1.54) is 19.3 Å². The minimum absolute atomic E-state index is 0.148. The normalized spacial score (nSPS) is 18.8. The molecule has 0 unspecified atom stereocenters. The summed E-state index contributed by atoms with van der Waals surface area (Å²) in [6, 6.07) is 9.86. The van der Waals surface area contributed by atoms with Gasteiger partial charge in [-0.15, -0.1) is 0 Å². The van der Waals surface area contributed by atoms with Gasteiger partial charge in [-0.05, 0) is 38.3 Å². The number of hydrogen-bond acceptors (Lipinski definition) is 6. The van der Waals surface area contributed by atoms with Crippen LogP contribution in [0.15, 0.2) is 36.5 Å². The van der Waals surface area contributed by atoms with E-state index in [0.29, 0.717) is 26.1 Å². The Bertz CT molecular complexity index is 869. The number of carbonyl (C=O) groups excluding carboxylic acids is 1. The Hall–Kier alpha value is -2.67. The lowest BCUT2D eigenvalue weighted by Crippen LogP contribution is -2.40. The first-order chi connectivity index (χ1) is 15.2. The highest BCUT2D eigenvalue weighted by atomic mass is 16.5. The summed E-state index contributed by atoms with van der Waals surface area (Å²) in [7, 11) is 0. The fourth-order valence-electron chi connectivity index (χ4n) is 4.29. The molecular weight excluding hydrogens is 390 g/mol. The summed E-state index contributed by atoms with van der Waals surface area (Å²) in [5.74, 6) is 1.80. The lowest BCUT2D eigenvalue weighted by Gasteiger charge is -2.28. The van der Waals surface area contributed by atoms with Crippen molar-refractivity contribution in [3.8, 4) is 5.75 Å². The molecule has 2 aliphatic heterocycles. The van der Waals surface area contributed by atoms with Crippen LogP contribution in [0.3, 0.4) is 0 Å². The topological polar surface area (TPSA) is 61.8 Å². The van der Waals surface area contributed by atoms with Crippen molar-refractivity contribution in [3.05, 3.63) is 47.8 Å². The highest BCUT2D eigenvalue weighted by molar-refractivity contribution is 5.79. The summed E-state index contributed by atoms with van der Waals surface area (Å²) in [6.45, 7) is 8.42. The van der Waals surface area contributed by atoms with Gasteiger partial charge in [-0.3, -0.25) is 9.69 Å². The average molecular weight is 424 g/mol. The zero-order valence-corrected chi connectivity index (χ0v) is 18.5. The zero-order chi connectivity index (χ0) is 21.5. The van der Waals surface area contributed by atoms with Gasteiger partial charge in [0.15, 0.2) is 0 Å². The third-order valence-electron chi connectivity index (χ3n) is 6.12. The molecule has 166 valence electrons. The molecule has 2 aliphatic rings. The van der Waals surface area contributed by atoms with Gasteiger partial charge in [0, 0.05) is 57.6 Å². The van der Waals surface area contributed by atoms with Gasteiger partial charge in [-0.2, -0.15) is 0 Å². The lowest BCUT2D eigenvalue weighted by atomic mass is 10.1. The van der Waals surface area contributed by atoms with E-state index in [4.69, 9.17) is 9.72 Å². The third-order valence-corrected chi connectivity index (χ3v) is 6.12. The van der Waals surface area contributed by atoms with E-state index in [2.05, 4.69) is 14.8 Å². The molecule has 4 rings (SSSR count). The van der Waals surface area contributed by atoms with Gasteiger partial charge in [-0.1, -0.05) is 18.2 Å². The first kappa shape index (κ1) is 21.6. The first-order valence-electron chi connectivity index (χ1n) is 11.5. The number of carbonyl (C=O) groups is 1. The van der Waals surface area contributed by atoms with Gasteiger partial charge in [0.1, 0.15) is 12.4 Å². The van der Waals surface area contributed by atoms with Crippen LogP contribution in [-0.2, 0) is 17.8 Å². The SMILES string of the molecule is CCN1CCN(Cc2ccnc(N3CCCCC3)n2)CCOc2ccccc2CC1=O. The van der Waals surface area contributed by atoms with Crippen molar-refractivity contribution in [1.29, 1.82) is 0 Å². The molecule has 1 saturated heterocycles. The number of fused-ring (bicyclic) bond motifs is 1. The van der Waals surface area contributed by atoms with Crippen LogP contribution in [0.4, 0.5) is 5.95 Å². The van der Waals surface area contributed by atoms with Crippen molar-refractivity contribution in [2.24, 2.45) is 0 Å². The highest BCUT2D eigenvalue weighted by Gasteiger charge is 2.19. The van der Waals surface area contributed by atoms with Gasteiger partial charge in [0.25, 0.3) is 0 Å². The summed E-state index contributed by atoms with van der Waals surface area (Å²) in [6.07, 6.45) is 5.96. The van der Waals surface area contributed by atoms with Crippen molar-refractivity contribution in [3.63, 3.8) is 0 Å². The number of benzene rings is 1. The molecule has 0 aliphatic carbocycles. The predicted molar refractivity (Wildman–Crippen MR) is 121 cm³/mol. The van der Waals surface area contributed by atoms with Crippen molar-refractivity contribution in [2.45, 2.75) is 39.2 Å². The molecule has 0 N–H and O–H groups in total. The van der Waals surface area contributed by atoms with Crippen molar-refractivity contribution < 1.29 is 9.53 Å². The Morgan fingerprint density at radius 3 is 2.68 bits per heavy atom. The minimum Gasteiger partial charge on any atom is -0.492 e. The number of aromatic nitrogens is 2. The molecule has 1 aromatic heterocycles. The predicted octanol–water partition coefficient (Wildman–Crippen LogP) is 2.75. The molecule has 1 amide bonds. The Morgan fingerprint density at radius 2 is 1.84 bits per heavy atom. The maximum Gasteiger partial charge on any atom is 0.227 e. The summed E-state index contributed by atoms with van der Waals surface area (Å²) < 4.78 is 6.07. The lowest BCUT2D eigenvalue weighted by molar-refractivity contribution is -0.130. The number of ether oxygens (including phenoxy) is 1. The second kappa shape index (κ2) is 10.6. The van der Waals surface area contributed by atoms with Crippen LogP contribution in [0.25, 0.3) is 0 Å². The minimum atomic E-state index is 0.148. The molecule has 7 heteroatoms. The smallest absolute Gasteiger partial charge is 0.227 e. The fraction of sp³-hybridized carbons (Fsp3) is 0.542. The van der Waals surface area contributed by atoms with Crippen molar-refractivity contribution in [2.75, 3.05) is 50.8 Å². The van der Waals surface area contributed by atoms with E-state index in [1.807, 2.05) is 48.4 Å². The Labute approximate surface area is 185 Å². The van der Waals surface area contributed by atoms with E-state index in [0.717, 1.165) is 55.7 Å². The molecule has 0 atom stereocenters. The largest absolute Gasteiger partial charge is 0.492 e. The molecular formula is C24H33N5O2. The standard InChI is InChI=1S/C24H33N5O2/c1-2-28-15-14-27(16-17-31-22-9-5-4-8-20(22)18-23(28)30)19-21-10-11-25-24(26-21)29-12-6-3-7-13-29/h4-5,8-11H,2-3,6-7,12-19H2,1H3. The molecule has 1 fully saturated rings. The average Bonchev–Trinajstić information content (AvgIpc) is 2.83. The summed E-state index contributed by atoms with van der Waals surface area (Å²) in [5.41, 5.74) is 1.97. The molecule has 0 radical (unpaired) electrons. The summed E-state index contributed by atoms with van der Waals surface area (Å²) in [5, 5.41) is 0. The molecule has 0 saturated carbocycles. The second-order valence-electron chi connectivity index (χ2n) is 8.28. The number of hydrogen-bond donors (Lipinski definition) is 0. The van der Waals surface area contributed by atoms with Gasteiger partial charge in [0.2, 0.25) is 11.9 Å². The molecule has 0 spiro atoms. The monoisotopic (exact) mass is 423 g/mol. The number of likely N-dealkylation sites (N-methyl/N-ethyl adjacent to an activating group) is 1. The summed E-state index contributed by atoms with van der Waals surface area (Å²) >= 11 is 0. The van der Waals surface area contributed by atoms with Crippen LogP contribution in [0.2, 0.25) is 0 Å². The van der Waals surface area contributed by atoms with Crippen molar-refractivity contribution >= 4 is 11.9 Å². The number of anilines is 1. The van der Waals surface area contributed by atoms with Crippen LogP contribution < -0.4 is 9.64 Å². The highest BCUT2D eigenvalue weighted by Crippen LogP contribution is 2.20. The van der Waals surface area contributed by atoms with Crippen LogP contribution in [0.5, 0.6) is 5.75 Å². The Kier molecular flexibility index (Phi) is 7.35. The van der Waals surface area contributed by atoms with E-state index in [-0.39, 0.29) is 5.91 Å². The van der Waals surface area contributed by atoms with Gasteiger partial charge >= 0.3 is 0 Å². The number of piperidine rings is 1. The molecule has 3 heterocycles. The molecule has 1 aromatic carbocycles. The number of nitrogens with zero attached hydrogens (tertiary/aromatic N) is 5. The van der Waals surface area contributed by atoms with Gasteiger partial charge in [-0.25, -0.2) is 9.97 Å². The van der Waals surface area contributed by atoms with E-state index in [1.54, 1.807) is 0 Å². The maximum absolute atomic E-state index is 12.8. The second-order valence-corrected chi connectivity index (χ2v) is 8.28. The summed E-state index contributed by atoms with van der Waals surface area (Å²) in [4.78, 5) is 28.8. The van der Waals surface area contributed by atoms with Crippen LogP contribution in [0.1, 0.15) is 37.4 Å². The molecule has 31 heavy (non-hydrogen) atoms. The number of rotatable bonds is 4. The fourth-order valence-corrected chi connectivity index (χ4v) is 4.29. The molecule has 2 aromatic rings. The number of amides is 1. The third kappa shape index (κ3) is 5.73. The van der Waals surface area contributed by atoms with Gasteiger partial charge in [0.05, 0.1) is 12.1 Å². The molecule has 7 nitrogen and oxygen atoms in total. The van der Waals surface area contributed by atoms with Crippen LogP contribution >= 0.6 is 0 Å². The Balaban J connectivity index is 1.47. The van der Waals surface area contributed by atoms with E-state index >= 15 is 0 Å². The van der Waals surface area contributed by atoms with E-state index in [9.17, 15) is 4.79 Å². The van der Waals surface area contributed by atoms with Crippen LogP contribution in [0, 0.1) is 0 Å².